The van der Waals surface area contributed by atoms with Crippen LogP contribution in [0.4, 0.5) is 22.0 Å². The maximum Gasteiger partial charge on any atom is 0.200 e. The van der Waals surface area contributed by atoms with Gasteiger partial charge in [-0.25, -0.2) is 22.0 Å². The largest absolute Gasteiger partial charge is 0.507 e. The summed E-state index contributed by atoms with van der Waals surface area (Å²) < 4.78 is 95.1. The molecule has 0 bridgehead atoms. The molecule has 0 spiro atoms. The van der Waals surface area contributed by atoms with Crippen LogP contribution in [0.25, 0.3) is 11.1 Å². The van der Waals surface area contributed by atoms with Crippen molar-refractivity contribution >= 4 is 29.6 Å². The van der Waals surface area contributed by atoms with Crippen molar-refractivity contribution in [1.82, 2.24) is 0 Å². The molecule has 1 unspecified atom stereocenters. The van der Waals surface area contributed by atoms with Gasteiger partial charge in [0.25, 0.3) is 0 Å². The highest BCUT2D eigenvalue weighted by Gasteiger charge is 2.35. The topological polar surface area (TPSA) is 74.2 Å². The van der Waals surface area contributed by atoms with Gasteiger partial charge in [-0.1, -0.05) is 24.3 Å². The van der Waals surface area contributed by atoms with Gasteiger partial charge in [0.1, 0.15) is 34.5 Å². The van der Waals surface area contributed by atoms with Crippen LogP contribution in [0.2, 0.25) is 0 Å². The minimum absolute atomic E-state index is 0.0251. The van der Waals surface area contributed by atoms with Gasteiger partial charge in [0, 0.05) is 25.2 Å². The molecule has 0 radical (unpaired) electrons. The second-order valence-electron chi connectivity index (χ2n) is 9.52. The predicted octanol–water partition coefficient (Wildman–Crippen LogP) is 6.07. The zero-order valence-electron chi connectivity index (χ0n) is 24.4. The Hall–Kier alpha value is -4.37. The van der Waals surface area contributed by atoms with Gasteiger partial charge < -0.3 is 28.8 Å². The molecule has 0 saturated heterocycles. The molecule has 4 rings (SSSR count). The van der Waals surface area contributed by atoms with E-state index in [2.05, 4.69) is 0 Å². The van der Waals surface area contributed by atoms with Crippen molar-refractivity contribution in [3.8, 4) is 39.9 Å². The summed E-state index contributed by atoms with van der Waals surface area (Å²) in [7, 11) is 3.56. The summed E-state index contributed by atoms with van der Waals surface area (Å²) in [6, 6.07) is 12.1. The van der Waals surface area contributed by atoms with Gasteiger partial charge in [0.15, 0.2) is 23.3 Å². The average Bonchev–Trinajstić information content (AvgIpc) is 3.03. The summed E-state index contributed by atoms with van der Waals surface area (Å²) in [4.78, 5) is 11.7. The van der Waals surface area contributed by atoms with Crippen LogP contribution in [-0.4, -0.2) is 39.3 Å². The number of aromatic hydroxyl groups is 1. The zero-order chi connectivity index (χ0) is 32.3. The van der Waals surface area contributed by atoms with Crippen molar-refractivity contribution in [2.45, 2.75) is 19.8 Å². The van der Waals surface area contributed by atoms with E-state index in [9.17, 15) is 31.9 Å². The average molecular weight is 635 g/mol. The van der Waals surface area contributed by atoms with Gasteiger partial charge in [-0.3, -0.25) is 0 Å². The first-order valence-corrected chi connectivity index (χ1v) is 14.4. The first-order chi connectivity index (χ1) is 21.0. The van der Waals surface area contributed by atoms with E-state index in [4.69, 9.17) is 18.9 Å². The fourth-order valence-corrected chi connectivity index (χ4v) is 7.59. The van der Waals surface area contributed by atoms with E-state index < -0.39 is 53.9 Å². The Morgan fingerprint density at radius 1 is 0.705 bits per heavy atom. The molecule has 0 aliphatic heterocycles. The fraction of sp³-hybridized carbons (Fsp3) is 0.219. The Balaban J connectivity index is 2.13. The molecule has 44 heavy (non-hydrogen) atoms. The van der Waals surface area contributed by atoms with Crippen LogP contribution in [0.3, 0.4) is 0 Å². The second-order valence-corrected chi connectivity index (χ2v) is 11.6. The monoisotopic (exact) mass is 634 g/mol. The first-order valence-electron chi connectivity index (χ1n) is 13.1. The number of para-hydroxylation sites is 1. The number of carbonyl (C=O) groups excluding carboxylic acids is 1. The third kappa shape index (κ3) is 5.88. The lowest BCUT2D eigenvalue weighted by Gasteiger charge is -2.28. The number of hydrogen-bond acceptors (Lipinski definition) is 6. The Bertz CT molecular complexity index is 1650. The highest BCUT2D eigenvalue weighted by atomic mass is 31.1. The van der Waals surface area contributed by atoms with Crippen molar-refractivity contribution in [3.63, 3.8) is 0 Å². The molecule has 4 aromatic carbocycles. The maximum atomic E-state index is 15.0. The summed E-state index contributed by atoms with van der Waals surface area (Å²) in [6.07, 6.45) is 0.630. The minimum atomic E-state index is -2.32. The smallest absolute Gasteiger partial charge is 0.200 e. The summed E-state index contributed by atoms with van der Waals surface area (Å²) in [5.74, 6) is -10.4. The summed E-state index contributed by atoms with van der Waals surface area (Å²) in [5.41, 5.74) is -1.21. The van der Waals surface area contributed by atoms with E-state index in [0.717, 1.165) is 6.07 Å². The minimum Gasteiger partial charge on any atom is -0.507 e. The number of halogens is 5. The van der Waals surface area contributed by atoms with E-state index >= 15 is 0 Å². The molecular formula is C32H28F5O6P. The Kier molecular flexibility index (Phi) is 9.99. The molecule has 0 fully saturated rings. The Morgan fingerprint density at radius 3 is 1.64 bits per heavy atom. The molecule has 0 aromatic heterocycles. The number of phenols is 1. The maximum absolute atomic E-state index is 15.0. The van der Waals surface area contributed by atoms with Gasteiger partial charge in [-0.15, -0.1) is 0 Å². The number of benzene rings is 4. The van der Waals surface area contributed by atoms with E-state index in [1.165, 1.54) is 47.5 Å². The van der Waals surface area contributed by atoms with Crippen LogP contribution in [0.15, 0.2) is 48.5 Å². The number of carbonyl (C=O) groups is 1. The number of ether oxygens (including phenoxy) is 4. The highest BCUT2D eigenvalue weighted by molar-refractivity contribution is 7.80. The number of phenolic OH excluding ortho intramolecular Hbond substituents is 1. The lowest BCUT2D eigenvalue weighted by molar-refractivity contribution is -0.116. The number of ketones is 1. The summed E-state index contributed by atoms with van der Waals surface area (Å²) in [5, 5.41) is 12.4. The molecule has 0 heterocycles. The molecule has 12 heteroatoms. The molecule has 1 N–H and O–H groups in total. The van der Waals surface area contributed by atoms with Gasteiger partial charge in [0.2, 0.25) is 5.82 Å². The van der Waals surface area contributed by atoms with E-state index in [1.54, 1.807) is 30.3 Å². The zero-order valence-corrected chi connectivity index (χ0v) is 25.3. The third-order valence-electron chi connectivity index (χ3n) is 6.89. The molecule has 1 atom stereocenters. The number of aryl methyl sites for hydroxylation is 1. The molecule has 0 aliphatic rings. The van der Waals surface area contributed by atoms with Crippen LogP contribution in [0.5, 0.6) is 28.7 Å². The number of Topliss-reactive ketones (excluding diaryl/α,β-unsaturated/α-hetero) is 1. The van der Waals surface area contributed by atoms with Gasteiger partial charge in [-0.05, 0) is 43.2 Å². The van der Waals surface area contributed by atoms with Crippen molar-refractivity contribution in [2.24, 2.45) is 0 Å². The number of hydrogen-bond donors (Lipinski definition) is 1. The predicted molar refractivity (Wildman–Crippen MR) is 157 cm³/mol. The van der Waals surface area contributed by atoms with Gasteiger partial charge in [0.05, 0.1) is 44.6 Å². The number of methoxy groups -OCH3 is 4. The molecule has 0 aliphatic carbocycles. The molecule has 232 valence electrons. The lowest BCUT2D eigenvalue weighted by atomic mass is 10.0. The van der Waals surface area contributed by atoms with Crippen LogP contribution in [0.1, 0.15) is 18.9 Å². The van der Waals surface area contributed by atoms with Crippen LogP contribution in [-0.2, 0) is 11.2 Å². The van der Waals surface area contributed by atoms with Crippen molar-refractivity contribution in [2.75, 3.05) is 28.4 Å². The highest BCUT2D eigenvalue weighted by Crippen LogP contribution is 2.49. The van der Waals surface area contributed by atoms with Crippen molar-refractivity contribution in [1.29, 1.82) is 0 Å². The lowest BCUT2D eigenvalue weighted by Crippen LogP contribution is -2.26. The SMILES string of the molecule is COc1cccc(OC)c1P(c1cccc(-c2c(F)c(F)c(F)c(F)c2F)c1O)c1c(OC)cc(CCC(C)=O)cc1OC. The van der Waals surface area contributed by atoms with E-state index in [0.29, 0.717) is 34.1 Å². The standard InChI is InChI=1S/C32H28F5O6P/c1-16(38)12-13-17-14-21(42-4)32(22(15-17)43-5)44(31-19(40-2)9-7-10-20(31)41-3)23-11-6-8-18(30(23)39)24-25(33)27(35)29(37)28(36)26(24)34/h6-11,14-15,39H,12-13H2,1-5H3. The Labute approximate surface area is 251 Å². The Morgan fingerprint density at radius 2 is 1.16 bits per heavy atom. The molecule has 0 amide bonds. The van der Waals surface area contributed by atoms with Crippen LogP contribution >= 0.6 is 7.92 Å². The molecule has 4 aromatic rings. The molecular weight excluding hydrogens is 606 g/mol. The van der Waals surface area contributed by atoms with Crippen LogP contribution < -0.4 is 34.9 Å². The summed E-state index contributed by atoms with van der Waals surface area (Å²) in [6.45, 7) is 1.47. The summed E-state index contributed by atoms with van der Waals surface area (Å²) >= 11 is 0. The molecule has 0 saturated carbocycles. The quantitative estimate of drug-likeness (QED) is 0.0935. The van der Waals surface area contributed by atoms with Gasteiger partial charge >= 0.3 is 0 Å². The van der Waals surface area contributed by atoms with Crippen LogP contribution in [0, 0.1) is 29.1 Å². The molecule has 6 nitrogen and oxygen atoms in total. The number of rotatable bonds is 11. The normalized spacial score (nSPS) is 11.7. The first kappa shape index (κ1) is 32.5. The fourth-order valence-electron chi connectivity index (χ4n) is 4.79. The third-order valence-corrected chi connectivity index (χ3v) is 9.51. The van der Waals surface area contributed by atoms with Crippen molar-refractivity contribution in [3.05, 3.63) is 83.2 Å². The van der Waals surface area contributed by atoms with E-state index in [-0.39, 0.29) is 29.0 Å². The van der Waals surface area contributed by atoms with Crippen molar-refractivity contribution < 1.29 is 50.8 Å². The van der Waals surface area contributed by atoms with Gasteiger partial charge in [-0.2, -0.15) is 0 Å². The second kappa shape index (κ2) is 13.5. The van der Waals surface area contributed by atoms with E-state index in [1.807, 2.05) is 0 Å².